The van der Waals surface area contributed by atoms with Crippen molar-refractivity contribution in [3.8, 4) is 0 Å². The Labute approximate surface area is 127 Å². The molecule has 1 saturated heterocycles. The molecule has 118 valence electrons. The van der Waals surface area contributed by atoms with E-state index in [0.717, 1.165) is 62.3 Å². The number of rotatable bonds is 6. The van der Waals surface area contributed by atoms with Crippen LogP contribution < -0.4 is 10.7 Å². The highest BCUT2D eigenvalue weighted by atomic mass is 16.5. The highest BCUT2D eigenvalue weighted by molar-refractivity contribution is 5.57. The summed E-state index contributed by atoms with van der Waals surface area (Å²) < 4.78 is 5.38. The molecule has 1 aliphatic heterocycles. The quantitative estimate of drug-likeness (QED) is 0.840. The molecule has 0 amide bonds. The van der Waals surface area contributed by atoms with Crippen LogP contribution in [-0.4, -0.2) is 47.8 Å². The van der Waals surface area contributed by atoms with Crippen molar-refractivity contribution in [1.82, 2.24) is 15.0 Å². The Kier molecular flexibility index (Phi) is 5.76. The van der Waals surface area contributed by atoms with Crippen molar-refractivity contribution in [1.29, 1.82) is 0 Å². The average molecular weight is 293 g/mol. The molecule has 0 atom stereocenters. The number of nitrogens with one attached hydrogen (secondary N) is 2. The van der Waals surface area contributed by atoms with E-state index >= 15 is 0 Å². The van der Waals surface area contributed by atoms with Crippen LogP contribution >= 0.6 is 0 Å². The normalized spacial score (nSPS) is 16.2. The second kappa shape index (κ2) is 7.56. The van der Waals surface area contributed by atoms with Crippen LogP contribution in [-0.2, 0) is 4.74 Å². The van der Waals surface area contributed by atoms with Gasteiger partial charge in [0.1, 0.15) is 17.5 Å². The number of hydrogen-bond acceptors (Lipinski definition) is 6. The van der Waals surface area contributed by atoms with E-state index in [0.29, 0.717) is 5.92 Å². The molecule has 2 N–H and O–H groups in total. The van der Waals surface area contributed by atoms with Crippen molar-refractivity contribution < 1.29 is 4.74 Å². The van der Waals surface area contributed by atoms with Crippen molar-refractivity contribution in [2.75, 3.05) is 43.6 Å². The molecule has 6 heteroatoms. The Hall–Kier alpha value is -1.40. The van der Waals surface area contributed by atoms with Crippen LogP contribution in [0.1, 0.15) is 44.5 Å². The number of morpholine rings is 1. The topological polar surface area (TPSA) is 62.3 Å². The molecule has 1 fully saturated rings. The maximum atomic E-state index is 5.38. The molecule has 0 saturated carbocycles. The third-order valence-corrected chi connectivity index (χ3v) is 3.50. The number of aromatic nitrogens is 2. The molecule has 0 spiro atoms. The second-order valence-electron chi connectivity index (χ2n) is 5.70. The first-order valence-corrected chi connectivity index (χ1v) is 7.83. The molecule has 1 aromatic rings. The van der Waals surface area contributed by atoms with Crippen LogP contribution in [0.15, 0.2) is 0 Å². The minimum Gasteiger partial charge on any atom is -0.379 e. The average Bonchev–Trinajstić information content (AvgIpc) is 2.49. The summed E-state index contributed by atoms with van der Waals surface area (Å²) in [7, 11) is 0. The summed E-state index contributed by atoms with van der Waals surface area (Å²) in [5.41, 5.74) is 4.49. The van der Waals surface area contributed by atoms with Gasteiger partial charge >= 0.3 is 0 Å². The standard InChI is InChI=1S/C15H27N5O/c1-5-6-16-14-12(4)15(18-13(17-14)11(2)3)19-20-7-9-21-10-8-20/h11H,5-10H2,1-4H3,(H2,16,17,18,19). The van der Waals surface area contributed by atoms with Gasteiger partial charge in [-0.2, -0.15) is 0 Å². The third kappa shape index (κ3) is 4.28. The van der Waals surface area contributed by atoms with E-state index in [-0.39, 0.29) is 0 Å². The molecule has 1 aliphatic rings. The number of anilines is 2. The predicted octanol–water partition coefficient (Wildman–Crippen LogP) is 2.39. The van der Waals surface area contributed by atoms with Gasteiger partial charge in [0.15, 0.2) is 0 Å². The lowest BCUT2D eigenvalue weighted by Crippen LogP contribution is -2.40. The van der Waals surface area contributed by atoms with Crippen LogP contribution in [0.3, 0.4) is 0 Å². The van der Waals surface area contributed by atoms with E-state index in [2.05, 4.69) is 53.4 Å². The highest BCUT2D eigenvalue weighted by Crippen LogP contribution is 2.23. The zero-order valence-electron chi connectivity index (χ0n) is 13.6. The molecule has 0 aromatic carbocycles. The van der Waals surface area contributed by atoms with E-state index in [4.69, 9.17) is 4.74 Å². The predicted molar refractivity (Wildman–Crippen MR) is 85.7 cm³/mol. The molecule has 0 unspecified atom stereocenters. The molecule has 6 nitrogen and oxygen atoms in total. The summed E-state index contributed by atoms with van der Waals surface area (Å²) in [6.45, 7) is 12.6. The van der Waals surface area contributed by atoms with Gasteiger partial charge in [0.05, 0.1) is 13.2 Å². The van der Waals surface area contributed by atoms with Crippen molar-refractivity contribution in [3.05, 3.63) is 11.4 Å². The summed E-state index contributed by atoms with van der Waals surface area (Å²) >= 11 is 0. The summed E-state index contributed by atoms with van der Waals surface area (Å²) in [5, 5.41) is 5.56. The molecule has 0 bridgehead atoms. The zero-order valence-corrected chi connectivity index (χ0v) is 13.6. The van der Waals surface area contributed by atoms with E-state index in [1.165, 1.54) is 0 Å². The lowest BCUT2D eigenvalue weighted by molar-refractivity contribution is 0.0494. The number of nitrogens with zero attached hydrogens (tertiary/aromatic N) is 3. The Balaban J connectivity index is 2.22. The van der Waals surface area contributed by atoms with Gasteiger partial charge in [-0.05, 0) is 13.3 Å². The smallest absolute Gasteiger partial charge is 0.149 e. The minimum absolute atomic E-state index is 0.304. The van der Waals surface area contributed by atoms with Gasteiger partial charge in [0.2, 0.25) is 0 Å². The fourth-order valence-electron chi connectivity index (χ4n) is 2.14. The number of ether oxygens (including phenoxy) is 1. The second-order valence-corrected chi connectivity index (χ2v) is 5.70. The molecule has 21 heavy (non-hydrogen) atoms. The van der Waals surface area contributed by atoms with Crippen LogP contribution in [0.2, 0.25) is 0 Å². The first-order chi connectivity index (χ1) is 10.1. The van der Waals surface area contributed by atoms with Gasteiger partial charge in [-0.3, -0.25) is 0 Å². The van der Waals surface area contributed by atoms with E-state index < -0.39 is 0 Å². The van der Waals surface area contributed by atoms with Gasteiger partial charge in [0, 0.05) is 31.1 Å². The van der Waals surface area contributed by atoms with Crippen LogP contribution in [0.4, 0.5) is 11.6 Å². The molecule has 2 rings (SSSR count). The summed E-state index contributed by atoms with van der Waals surface area (Å²) in [4.78, 5) is 9.35. The highest BCUT2D eigenvalue weighted by Gasteiger charge is 2.16. The Morgan fingerprint density at radius 2 is 1.86 bits per heavy atom. The van der Waals surface area contributed by atoms with E-state index in [1.807, 2.05) is 0 Å². The van der Waals surface area contributed by atoms with Gasteiger partial charge in [-0.25, -0.2) is 15.0 Å². The Morgan fingerprint density at radius 1 is 1.19 bits per heavy atom. The zero-order chi connectivity index (χ0) is 15.2. The lowest BCUT2D eigenvalue weighted by Gasteiger charge is -2.28. The Bertz CT molecular complexity index is 458. The molecule has 0 radical (unpaired) electrons. The van der Waals surface area contributed by atoms with Gasteiger partial charge in [-0.1, -0.05) is 20.8 Å². The van der Waals surface area contributed by atoms with Crippen LogP contribution in [0.5, 0.6) is 0 Å². The number of hydrazine groups is 1. The van der Waals surface area contributed by atoms with Gasteiger partial charge < -0.3 is 15.5 Å². The maximum Gasteiger partial charge on any atom is 0.149 e. The van der Waals surface area contributed by atoms with E-state index in [9.17, 15) is 0 Å². The molecule has 2 heterocycles. The van der Waals surface area contributed by atoms with Crippen molar-refractivity contribution >= 4 is 11.6 Å². The first-order valence-electron chi connectivity index (χ1n) is 7.83. The van der Waals surface area contributed by atoms with Crippen LogP contribution in [0.25, 0.3) is 0 Å². The largest absolute Gasteiger partial charge is 0.379 e. The van der Waals surface area contributed by atoms with Crippen molar-refractivity contribution in [2.45, 2.75) is 40.0 Å². The fourth-order valence-corrected chi connectivity index (χ4v) is 2.14. The van der Waals surface area contributed by atoms with Crippen LogP contribution in [0, 0.1) is 6.92 Å². The SMILES string of the molecule is CCCNc1nc(C(C)C)nc(NN2CCOCC2)c1C. The van der Waals surface area contributed by atoms with Crippen molar-refractivity contribution in [2.24, 2.45) is 0 Å². The molecular weight excluding hydrogens is 266 g/mol. The fraction of sp³-hybridized carbons (Fsp3) is 0.733. The first kappa shape index (κ1) is 16.0. The third-order valence-electron chi connectivity index (χ3n) is 3.50. The Morgan fingerprint density at radius 3 is 2.48 bits per heavy atom. The molecule has 1 aromatic heterocycles. The number of hydrogen-bond donors (Lipinski definition) is 2. The maximum absolute atomic E-state index is 5.38. The van der Waals surface area contributed by atoms with Gasteiger partial charge in [0.25, 0.3) is 0 Å². The summed E-state index contributed by atoms with van der Waals surface area (Å²) in [5.74, 6) is 3.01. The molecular formula is C15H27N5O. The molecule has 0 aliphatic carbocycles. The minimum atomic E-state index is 0.304. The lowest BCUT2D eigenvalue weighted by atomic mass is 10.2. The monoisotopic (exact) mass is 293 g/mol. The summed E-state index contributed by atoms with van der Waals surface area (Å²) in [6, 6.07) is 0. The summed E-state index contributed by atoms with van der Waals surface area (Å²) in [6.07, 6.45) is 1.08. The van der Waals surface area contributed by atoms with Crippen molar-refractivity contribution in [3.63, 3.8) is 0 Å². The van der Waals surface area contributed by atoms with Gasteiger partial charge in [-0.15, -0.1) is 0 Å². The van der Waals surface area contributed by atoms with E-state index in [1.54, 1.807) is 0 Å².